The van der Waals surface area contributed by atoms with Crippen LogP contribution in [0.25, 0.3) is 0 Å². The summed E-state index contributed by atoms with van der Waals surface area (Å²) in [6, 6.07) is 9.85. The monoisotopic (exact) mass is 475 g/mol. The van der Waals surface area contributed by atoms with Gasteiger partial charge in [0.15, 0.2) is 0 Å². The predicted molar refractivity (Wildman–Crippen MR) is 112 cm³/mol. The van der Waals surface area contributed by atoms with Crippen molar-refractivity contribution in [2.75, 3.05) is 39.3 Å². The van der Waals surface area contributed by atoms with Crippen molar-refractivity contribution in [3.8, 4) is 5.75 Å². The molecule has 0 atom stereocenters. The van der Waals surface area contributed by atoms with Gasteiger partial charge in [0.05, 0.1) is 16.6 Å². The largest absolute Gasteiger partial charge is 0.492 e. The summed E-state index contributed by atoms with van der Waals surface area (Å²) in [6.07, 6.45) is 0. The second kappa shape index (κ2) is 9.82. The van der Waals surface area contributed by atoms with Gasteiger partial charge in [-0.05, 0) is 24.3 Å². The number of carbonyl (C=O) groups is 1. The minimum Gasteiger partial charge on any atom is -0.492 e. The first-order chi connectivity index (χ1) is 14.3. The molecule has 0 spiro atoms. The Morgan fingerprint density at radius 2 is 1.80 bits per heavy atom. The molecule has 1 heterocycles. The minimum atomic E-state index is -3.81. The molecule has 11 heteroatoms. The van der Waals surface area contributed by atoms with Gasteiger partial charge in [-0.2, -0.15) is 4.31 Å². The summed E-state index contributed by atoms with van der Waals surface area (Å²) in [5, 5.41) is 2.85. The van der Waals surface area contributed by atoms with E-state index in [1.165, 1.54) is 45.6 Å². The van der Waals surface area contributed by atoms with Crippen LogP contribution in [0.2, 0.25) is 10.0 Å². The second-order valence-electron chi connectivity index (χ2n) is 6.48. The maximum absolute atomic E-state index is 13.1. The zero-order chi connectivity index (χ0) is 21.7. The highest BCUT2D eigenvalue weighted by Gasteiger charge is 2.31. The lowest BCUT2D eigenvalue weighted by Gasteiger charge is -2.34. The highest BCUT2D eigenvalue weighted by molar-refractivity contribution is 7.89. The minimum absolute atomic E-state index is 0.0161. The fourth-order valence-corrected chi connectivity index (χ4v) is 5.11. The number of nitrogens with one attached hydrogen (secondary N) is 1. The molecule has 1 fully saturated rings. The Labute approximate surface area is 184 Å². The van der Waals surface area contributed by atoms with Gasteiger partial charge in [-0.15, -0.1) is 0 Å². The van der Waals surface area contributed by atoms with Crippen LogP contribution in [-0.4, -0.2) is 63.0 Å². The van der Waals surface area contributed by atoms with Gasteiger partial charge in [-0.1, -0.05) is 35.3 Å². The summed E-state index contributed by atoms with van der Waals surface area (Å²) >= 11 is 12.0. The molecule has 0 radical (unpaired) electrons. The standard InChI is InChI=1S/C19H20Cl2FN3O4S/c20-16-5-2-6-17(18(16)21)30(27,28)25-10-8-24(9-11-25)19(26)23-7-12-29-15-4-1-3-14(22)13-15/h1-6,13H,7-12H2,(H,23,26). The number of carbonyl (C=O) groups excluding carboxylic acids is 1. The van der Waals surface area contributed by atoms with Crippen LogP contribution < -0.4 is 10.1 Å². The zero-order valence-corrected chi connectivity index (χ0v) is 18.2. The van der Waals surface area contributed by atoms with Crippen molar-refractivity contribution in [3.05, 3.63) is 58.3 Å². The average molecular weight is 476 g/mol. The maximum Gasteiger partial charge on any atom is 0.317 e. The molecule has 0 bridgehead atoms. The molecule has 7 nitrogen and oxygen atoms in total. The molecule has 2 aromatic rings. The number of urea groups is 1. The molecule has 0 aromatic heterocycles. The van der Waals surface area contributed by atoms with Gasteiger partial charge in [0.2, 0.25) is 10.0 Å². The third-order valence-electron chi connectivity index (χ3n) is 4.50. The van der Waals surface area contributed by atoms with E-state index < -0.39 is 15.8 Å². The van der Waals surface area contributed by atoms with Crippen molar-refractivity contribution in [3.63, 3.8) is 0 Å². The maximum atomic E-state index is 13.1. The van der Waals surface area contributed by atoms with E-state index in [0.717, 1.165) is 0 Å². The molecule has 0 saturated carbocycles. The van der Waals surface area contributed by atoms with Crippen LogP contribution >= 0.6 is 23.2 Å². The van der Waals surface area contributed by atoms with Gasteiger partial charge in [-0.25, -0.2) is 17.6 Å². The Balaban J connectivity index is 1.47. The van der Waals surface area contributed by atoms with Crippen molar-refractivity contribution in [2.45, 2.75) is 4.90 Å². The van der Waals surface area contributed by atoms with Gasteiger partial charge >= 0.3 is 6.03 Å². The summed E-state index contributed by atoms with van der Waals surface area (Å²) in [5.74, 6) is -0.0221. The van der Waals surface area contributed by atoms with Gasteiger partial charge in [0.25, 0.3) is 0 Å². The van der Waals surface area contributed by atoms with E-state index in [1.807, 2.05) is 0 Å². The number of ether oxygens (including phenoxy) is 1. The van der Waals surface area contributed by atoms with Crippen molar-refractivity contribution < 1.29 is 22.3 Å². The Morgan fingerprint density at radius 3 is 2.50 bits per heavy atom. The smallest absolute Gasteiger partial charge is 0.317 e. The molecule has 1 aliphatic rings. The Hall–Kier alpha value is -2.07. The van der Waals surface area contributed by atoms with Crippen LogP contribution in [-0.2, 0) is 10.0 Å². The Bertz CT molecular complexity index is 1010. The third-order valence-corrected chi connectivity index (χ3v) is 7.37. The lowest BCUT2D eigenvalue weighted by Crippen LogP contribution is -2.53. The molecule has 2 amide bonds. The number of rotatable bonds is 6. The molecule has 0 unspecified atom stereocenters. The second-order valence-corrected chi connectivity index (χ2v) is 9.17. The quantitative estimate of drug-likeness (QED) is 0.650. The molecule has 0 aliphatic carbocycles. The topological polar surface area (TPSA) is 79.0 Å². The summed E-state index contributed by atoms with van der Waals surface area (Å²) < 4.78 is 45.4. The van der Waals surface area contributed by atoms with Gasteiger partial charge in [-0.3, -0.25) is 0 Å². The first kappa shape index (κ1) is 22.6. The van der Waals surface area contributed by atoms with E-state index in [1.54, 1.807) is 6.07 Å². The fourth-order valence-electron chi connectivity index (χ4n) is 2.95. The van der Waals surface area contributed by atoms with Crippen LogP contribution in [0.1, 0.15) is 0 Å². The molecule has 30 heavy (non-hydrogen) atoms. The van der Waals surface area contributed by atoms with E-state index in [2.05, 4.69) is 5.32 Å². The number of benzene rings is 2. The van der Waals surface area contributed by atoms with E-state index in [9.17, 15) is 17.6 Å². The van der Waals surface area contributed by atoms with Crippen LogP contribution in [0.4, 0.5) is 9.18 Å². The molecule has 162 valence electrons. The molecule has 1 saturated heterocycles. The number of sulfonamides is 1. The molecule has 3 rings (SSSR count). The summed E-state index contributed by atoms with van der Waals surface area (Å²) in [4.78, 5) is 13.8. The number of amides is 2. The third kappa shape index (κ3) is 5.34. The summed E-state index contributed by atoms with van der Waals surface area (Å²) in [5.41, 5.74) is 0. The molecule has 2 aromatic carbocycles. The fraction of sp³-hybridized carbons (Fsp3) is 0.316. The summed E-state index contributed by atoms with van der Waals surface area (Å²) in [7, 11) is -3.81. The number of piperazine rings is 1. The molecular formula is C19H20Cl2FN3O4S. The molecular weight excluding hydrogens is 456 g/mol. The highest BCUT2D eigenvalue weighted by Crippen LogP contribution is 2.31. The van der Waals surface area contributed by atoms with Gasteiger partial charge in [0, 0.05) is 32.2 Å². The number of nitrogens with zero attached hydrogens (tertiary/aromatic N) is 2. The van der Waals surface area contributed by atoms with Crippen molar-refractivity contribution >= 4 is 39.3 Å². The van der Waals surface area contributed by atoms with Crippen LogP contribution in [0.5, 0.6) is 5.75 Å². The first-order valence-electron chi connectivity index (χ1n) is 9.14. The first-order valence-corrected chi connectivity index (χ1v) is 11.3. The van der Waals surface area contributed by atoms with E-state index >= 15 is 0 Å². The van der Waals surface area contributed by atoms with Crippen LogP contribution in [0.3, 0.4) is 0 Å². The van der Waals surface area contributed by atoms with Crippen molar-refractivity contribution in [1.29, 1.82) is 0 Å². The van der Waals surface area contributed by atoms with E-state index in [0.29, 0.717) is 5.75 Å². The molecule has 1 N–H and O–H groups in total. The zero-order valence-electron chi connectivity index (χ0n) is 15.9. The Kier molecular flexibility index (Phi) is 7.41. The highest BCUT2D eigenvalue weighted by atomic mass is 35.5. The number of hydrogen-bond acceptors (Lipinski definition) is 4. The average Bonchev–Trinajstić information content (AvgIpc) is 2.73. The van der Waals surface area contributed by atoms with Crippen molar-refractivity contribution in [1.82, 2.24) is 14.5 Å². The number of hydrogen-bond donors (Lipinski definition) is 1. The van der Waals surface area contributed by atoms with Crippen LogP contribution in [0.15, 0.2) is 47.4 Å². The normalized spacial score (nSPS) is 15.1. The SMILES string of the molecule is O=C(NCCOc1cccc(F)c1)N1CCN(S(=O)(=O)c2cccc(Cl)c2Cl)CC1. The van der Waals surface area contributed by atoms with E-state index in [-0.39, 0.29) is 60.3 Å². The number of halogens is 3. The van der Waals surface area contributed by atoms with Crippen LogP contribution in [0, 0.1) is 5.82 Å². The van der Waals surface area contributed by atoms with Crippen molar-refractivity contribution in [2.24, 2.45) is 0 Å². The van der Waals surface area contributed by atoms with Gasteiger partial charge < -0.3 is 15.0 Å². The molecule has 1 aliphatic heterocycles. The lowest BCUT2D eigenvalue weighted by molar-refractivity contribution is 0.170. The van der Waals surface area contributed by atoms with E-state index in [4.69, 9.17) is 27.9 Å². The Morgan fingerprint density at radius 1 is 1.10 bits per heavy atom. The summed E-state index contributed by atoms with van der Waals surface area (Å²) in [6.45, 7) is 1.14. The van der Waals surface area contributed by atoms with Gasteiger partial charge in [0.1, 0.15) is 23.1 Å². The lowest BCUT2D eigenvalue weighted by atomic mass is 10.3. The predicted octanol–water partition coefficient (Wildman–Crippen LogP) is 3.23.